The number of nitrogens with zero attached hydrogens (tertiary/aromatic N) is 4. The van der Waals surface area contributed by atoms with Gasteiger partial charge in [0, 0.05) is 23.3 Å². The van der Waals surface area contributed by atoms with Crippen molar-refractivity contribution in [3.05, 3.63) is 110 Å². The zero-order valence-electron chi connectivity index (χ0n) is 30.4. The van der Waals surface area contributed by atoms with Gasteiger partial charge >= 0.3 is 23.9 Å². The molecule has 292 valence electrons. The van der Waals surface area contributed by atoms with Gasteiger partial charge in [-0.3, -0.25) is 0 Å². The van der Waals surface area contributed by atoms with Crippen LogP contribution in [0.5, 0.6) is 11.5 Å². The van der Waals surface area contributed by atoms with Gasteiger partial charge in [-0.15, -0.1) is 0 Å². The van der Waals surface area contributed by atoms with Gasteiger partial charge in [0.15, 0.2) is 23.1 Å². The summed E-state index contributed by atoms with van der Waals surface area (Å²) in [5, 5.41) is 0. The molecule has 16 nitrogen and oxygen atoms in total. The second kappa shape index (κ2) is 21.4. The molecule has 4 aromatic rings. The van der Waals surface area contributed by atoms with E-state index in [0.29, 0.717) is 73.2 Å². The highest BCUT2D eigenvalue weighted by molar-refractivity contribution is 5.91. The Morgan fingerprint density at radius 3 is 1.29 bits per heavy atom. The van der Waals surface area contributed by atoms with E-state index >= 15 is 0 Å². The molecule has 0 aliphatic carbocycles. The fourth-order valence-electron chi connectivity index (χ4n) is 4.85. The van der Waals surface area contributed by atoms with E-state index < -0.39 is 36.5 Å². The minimum absolute atomic E-state index is 0.124. The molecule has 3 heterocycles. The first-order valence-corrected chi connectivity index (χ1v) is 17.7. The zero-order valence-corrected chi connectivity index (χ0v) is 30.4. The van der Waals surface area contributed by atoms with Gasteiger partial charge in [-0.25, -0.2) is 39.1 Å². The number of esters is 4. The molecule has 2 unspecified atom stereocenters. The number of unbranched alkanes of at least 4 members (excludes halogenated alkanes) is 2. The van der Waals surface area contributed by atoms with E-state index in [1.54, 1.807) is 73.3 Å². The van der Waals surface area contributed by atoms with Gasteiger partial charge in [-0.05, 0) is 49.9 Å². The third kappa shape index (κ3) is 12.5. The van der Waals surface area contributed by atoms with E-state index in [4.69, 9.17) is 37.9 Å². The Morgan fingerprint density at radius 2 is 0.929 bits per heavy atom. The number of ether oxygens (including phenoxy) is 8. The molecule has 0 spiro atoms. The Morgan fingerprint density at radius 1 is 0.571 bits per heavy atom. The van der Waals surface area contributed by atoms with Crippen LogP contribution in [0.3, 0.4) is 0 Å². The van der Waals surface area contributed by atoms with Crippen molar-refractivity contribution in [2.45, 2.75) is 38.3 Å². The predicted octanol–water partition coefficient (Wildman–Crippen LogP) is 5.09. The van der Waals surface area contributed by atoms with Gasteiger partial charge in [0.05, 0.1) is 75.6 Å². The molecule has 0 radical (unpaired) electrons. The largest absolute Gasteiger partial charge is 0.490 e. The number of carbonyl (C=O) groups excluding carboxylic acids is 4. The van der Waals surface area contributed by atoms with Crippen LogP contribution in [0, 0.1) is 0 Å². The number of hydrogen-bond donors (Lipinski definition) is 0. The Hall–Kier alpha value is -6.52. The highest BCUT2D eigenvalue weighted by Crippen LogP contribution is 2.22. The average Bonchev–Trinajstić information content (AvgIpc) is 3.24. The van der Waals surface area contributed by atoms with Crippen molar-refractivity contribution in [3.8, 4) is 34.3 Å². The summed E-state index contributed by atoms with van der Waals surface area (Å²) in [6.45, 7) is 8.32. The zero-order chi connectivity index (χ0) is 39.5. The Labute approximate surface area is 322 Å². The van der Waals surface area contributed by atoms with E-state index in [1.807, 2.05) is 0 Å². The Kier molecular flexibility index (Phi) is 15.5. The average molecular weight is 769 g/mol. The van der Waals surface area contributed by atoms with E-state index in [2.05, 4.69) is 33.1 Å². The second-order valence-corrected chi connectivity index (χ2v) is 11.8. The lowest BCUT2D eigenvalue weighted by Crippen LogP contribution is -2.44. The maximum Gasteiger partial charge on any atom is 0.340 e. The number of aromatic nitrogens is 4. The molecule has 0 saturated carbocycles. The molecule has 1 aliphatic rings. The SMILES string of the molecule is C=CC(=O)OCCCCOc1cnc(-c2ccc(C(=O)OC3OCCOC3OC(=O)c3ccc(-c4ncc(OCCCCOC(=O)C=C)cn4)cc3)cc2)nc1. The molecule has 0 N–H and O–H groups in total. The van der Waals surface area contributed by atoms with Crippen molar-refractivity contribution < 1.29 is 57.1 Å². The van der Waals surface area contributed by atoms with Crippen molar-refractivity contribution >= 4 is 23.9 Å². The van der Waals surface area contributed by atoms with Gasteiger partial charge in [0.1, 0.15) is 0 Å². The highest BCUT2D eigenvalue weighted by Gasteiger charge is 2.34. The summed E-state index contributed by atoms with van der Waals surface area (Å²) in [6, 6.07) is 12.9. The number of hydrogen-bond acceptors (Lipinski definition) is 16. The van der Waals surface area contributed by atoms with Crippen LogP contribution in [0.25, 0.3) is 22.8 Å². The van der Waals surface area contributed by atoms with Gasteiger partial charge in [0.2, 0.25) is 0 Å². The van der Waals surface area contributed by atoms with Crippen molar-refractivity contribution in [2.24, 2.45) is 0 Å². The Bertz CT molecular complexity index is 1780. The van der Waals surface area contributed by atoms with Crippen LogP contribution < -0.4 is 9.47 Å². The van der Waals surface area contributed by atoms with Crippen LogP contribution in [0.1, 0.15) is 46.4 Å². The summed E-state index contributed by atoms with van der Waals surface area (Å²) in [5.41, 5.74) is 1.73. The first-order chi connectivity index (χ1) is 27.3. The third-order valence-electron chi connectivity index (χ3n) is 7.77. The fourth-order valence-corrected chi connectivity index (χ4v) is 4.85. The molecular weight excluding hydrogens is 728 g/mol. The number of carbonyl (C=O) groups is 4. The van der Waals surface area contributed by atoms with E-state index in [1.165, 1.54) is 0 Å². The quantitative estimate of drug-likeness (QED) is 0.0499. The van der Waals surface area contributed by atoms with Crippen molar-refractivity contribution in [1.82, 2.24) is 19.9 Å². The highest BCUT2D eigenvalue weighted by atomic mass is 16.8. The summed E-state index contributed by atoms with van der Waals surface area (Å²) < 4.78 is 43.3. The molecule has 16 heteroatoms. The lowest BCUT2D eigenvalue weighted by molar-refractivity contribution is -0.288. The first-order valence-electron chi connectivity index (χ1n) is 17.7. The lowest BCUT2D eigenvalue weighted by Gasteiger charge is -2.30. The maximum atomic E-state index is 13.0. The fraction of sp³-hybridized carbons (Fsp3) is 0.300. The topological polar surface area (TPSA) is 194 Å². The minimum atomic E-state index is -1.30. The van der Waals surface area contributed by atoms with Crippen LogP contribution in [-0.4, -0.2) is 96.0 Å². The number of benzene rings is 2. The van der Waals surface area contributed by atoms with Gasteiger partial charge in [0.25, 0.3) is 12.6 Å². The van der Waals surface area contributed by atoms with Crippen LogP contribution >= 0.6 is 0 Å². The minimum Gasteiger partial charge on any atom is -0.490 e. The van der Waals surface area contributed by atoms with Gasteiger partial charge in [-0.2, -0.15) is 0 Å². The number of rotatable bonds is 20. The van der Waals surface area contributed by atoms with Crippen molar-refractivity contribution in [1.29, 1.82) is 0 Å². The standard InChI is InChI=1S/C40H40N4O12/c1-3-33(45)51-19-7-5-17-49-31-23-41-35(42-24-31)27-9-13-29(14-10-27)37(47)55-39-40(54-22-21-53-39)56-38(48)30-15-11-28(12-16-30)36-43-25-32(26-44-36)50-18-6-8-20-52-34(46)4-2/h3-4,9-16,23-26,39-40H,1-2,5-8,17-22H2. The normalized spacial score (nSPS) is 14.8. The maximum absolute atomic E-state index is 13.0. The molecule has 1 aliphatic heterocycles. The van der Waals surface area contributed by atoms with Crippen molar-refractivity contribution in [3.63, 3.8) is 0 Å². The second-order valence-electron chi connectivity index (χ2n) is 11.8. The van der Waals surface area contributed by atoms with E-state index in [0.717, 1.165) is 12.2 Å². The molecule has 5 rings (SSSR count). The summed E-state index contributed by atoms with van der Waals surface area (Å²) in [5.74, 6) is -0.545. The van der Waals surface area contributed by atoms with Crippen LogP contribution in [0.2, 0.25) is 0 Å². The molecule has 56 heavy (non-hydrogen) atoms. The van der Waals surface area contributed by atoms with Crippen LogP contribution in [-0.2, 0) is 38.0 Å². The summed E-state index contributed by atoms with van der Waals surface area (Å²) >= 11 is 0. The smallest absolute Gasteiger partial charge is 0.340 e. The third-order valence-corrected chi connectivity index (χ3v) is 7.77. The predicted molar refractivity (Wildman–Crippen MR) is 197 cm³/mol. The van der Waals surface area contributed by atoms with Gasteiger partial charge < -0.3 is 37.9 Å². The molecule has 2 aromatic carbocycles. The van der Waals surface area contributed by atoms with E-state index in [9.17, 15) is 19.2 Å². The molecular formula is C40H40N4O12. The molecule has 2 aromatic heterocycles. The summed E-state index contributed by atoms with van der Waals surface area (Å²) in [7, 11) is 0. The van der Waals surface area contributed by atoms with Crippen LogP contribution in [0.4, 0.5) is 0 Å². The Balaban J connectivity index is 1.06. The molecule has 1 fully saturated rings. The molecule has 2 atom stereocenters. The van der Waals surface area contributed by atoms with E-state index in [-0.39, 0.29) is 37.6 Å². The molecule has 0 amide bonds. The van der Waals surface area contributed by atoms with Crippen molar-refractivity contribution in [2.75, 3.05) is 39.6 Å². The molecule has 1 saturated heterocycles. The van der Waals surface area contributed by atoms with Crippen LogP contribution in [0.15, 0.2) is 98.6 Å². The molecule has 0 bridgehead atoms. The summed E-state index contributed by atoms with van der Waals surface area (Å²) in [6.07, 6.45) is 8.43. The lowest BCUT2D eigenvalue weighted by atomic mass is 10.1. The monoisotopic (exact) mass is 768 g/mol. The van der Waals surface area contributed by atoms with Gasteiger partial charge in [-0.1, -0.05) is 37.4 Å². The summed E-state index contributed by atoms with van der Waals surface area (Å²) in [4.78, 5) is 65.5. The first kappa shape index (κ1) is 40.7.